The van der Waals surface area contributed by atoms with Gasteiger partial charge in [0, 0.05) is 24.1 Å². The Morgan fingerprint density at radius 2 is 2.29 bits per heavy atom. The van der Waals surface area contributed by atoms with E-state index in [-0.39, 0.29) is 17.3 Å². The summed E-state index contributed by atoms with van der Waals surface area (Å²) in [5, 5.41) is 15.0. The number of ether oxygens (including phenoxy) is 1. The highest BCUT2D eigenvalue weighted by molar-refractivity contribution is 5.90. The molecule has 1 fully saturated rings. The minimum absolute atomic E-state index is 0.0289. The lowest BCUT2D eigenvalue weighted by atomic mass is 9.94. The maximum Gasteiger partial charge on any atom is 0.270 e. The molecule has 0 amide bonds. The van der Waals surface area contributed by atoms with Crippen molar-refractivity contribution in [2.75, 3.05) is 11.9 Å². The van der Waals surface area contributed by atoms with Crippen LogP contribution in [0.15, 0.2) is 24.5 Å². The Balaban J connectivity index is 2.05. The van der Waals surface area contributed by atoms with Crippen molar-refractivity contribution in [2.24, 2.45) is 0 Å². The summed E-state index contributed by atoms with van der Waals surface area (Å²) in [5.74, 6) is 0.601. The molecule has 2 unspecified atom stereocenters. The summed E-state index contributed by atoms with van der Waals surface area (Å²) < 4.78 is 5.60. The average Bonchev–Trinajstić information content (AvgIpc) is 2.78. The van der Waals surface area contributed by atoms with Crippen molar-refractivity contribution in [2.45, 2.75) is 31.9 Å². The first-order chi connectivity index (χ1) is 9.99. The number of aromatic nitrogens is 2. The lowest BCUT2D eigenvalue weighted by Gasteiger charge is -2.29. The molecule has 0 saturated carbocycles. The molecule has 0 bridgehead atoms. The van der Waals surface area contributed by atoms with Crippen LogP contribution < -0.4 is 5.32 Å². The number of anilines is 1. The lowest BCUT2D eigenvalue weighted by molar-refractivity contribution is -0.384. The molecule has 0 radical (unpaired) electrons. The number of hydrogen-bond acceptors (Lipinski definition) is 6. The van der Waals surface area contributed by atoms with Gasteiger partial charge in [0.15, 0.2) is 0 Å². The number of rotatable bonds is 3. The molecular weight excluding hydrogens is 272 g/mol. The fraction of sp³-hybridized carbons (Fsp3) is 0.429. The van der Waals surface area contributed by atoms with Crippen LogP contribution in [0.5, 0.6) is 0 Å². The van der Waals surface area contributed by atoms with E-state index < -0.39 is 4.92 Å². The molecule has 1 N–H and O–H groups in total. The zero-order valence-electron chi connectivity index (χ0n) is 11.9. The first-order valence-corrected chi connectivity index (χ1v) is 6.78. The van der Waals surface area contributed by atoms with E-state index >= 15 is 0 Å². The van der Waals surface area contributed by atoms with Crippen LogP contribution in [0.3, 0.4) is 0 Å². The molecular formula is C14H16N4O3. The normalized spacial score (nSPS) is 25.1. The number of fused-ring (bicyclic) bond motifs is 1. The molecule has 7 heteroatoms. The SMILES string of the molecule is CC1OCCC1(C)Nc1ncnc2ccc([N+](=O)[O-])cc12. The van der Waals surface area contributed by atoms with Gasteiger partial charge in [-0.05, 0) is 26.3 Å². The molecule has 2 aromatic rings. The van der Waals surface area contributed by atoms with Gasteiger partial charge in [-0.3, -0.25) is 10.1 Å². The second-order valence-electron chi connectivity index (χ2n) is 5.49. The zero-order chi connectivity index (χ0) is 15.0. The van der Waals surface area contributed by atoms with E-state index in [2.05, 4.69) is 22.2 Å². The van der Waals surface area contributed by atoms with E-state index in [1.165, 1.54) is 18.5 Å². The van der Waals surface area contributed by atoms with Crippen molar-refractivity contribution >= 4 is 22.4 Å². The van der Waals surface area contributed by atoms with Crippen LogP contribution in [0.4, 0.5) is 11.5 Å². The van der Waals surface area contributed by atoms with E-state index in [9.17, 15) is 10.1 Å². The molecule has 0 spiro atoms. The molecule has 1 aromatic heterocycles. The number of nitrogens with zero attached hydrogens (tertiary/aromatic N) is 3. The van der Waals surface area contributed by atoms with Gasteiger partial charge in [0.05, 0.1) is 22.1 Å². The number of benzene rings is 1. The Labute approximate surface area is 121 Å². The summed E-state index contributed by atoms with van der Waals surface area (Å²) in [7, 11) is 0. The Kier molecular flexibility index (Phi) is 3.21. The summed E-state index contributed by atoms with van der Waals surface area (Å²) in [6.45, 7) is 4.76. The maximum absolute atomic E-state index is 10.9. The van der Waals surface area contributed by atoms with Crippen LogP contribution in [0.25, 0.3) is 10.9 Å². The molecule has 2 heterocycles. The molecule has 21 heavy (non-hydrogen) atoms. The van der Waals surface area contributed by atoms with Gasteiger partial charge >= 0.3 is 0 Å². The molecule has 1 saturated heterocycles. The van der Waals surface area contributed by atoms with Gasteiger partial charge in [0.25, 0.3) is 5.69 Å². The second kappa shape index (κ2) is 4.92. The van der Waals surface area contributed by atoms with Crippen LogP contribution in [-0.4, -0.2) is 33.1 Å². The summed E-state index contributed by atoms with van der Waals surface area (Å²) in [6, 6.07) is 4.58. The fourth-order valence-electron chi connectivity index (χ4n) is 2.53. The third-order valence-electron chi connectivity index (χ3n) is 4.12. The third-order valence-corrected chi connectivity index (χ3v) is 4.12. The Bertz CT molecular complexity index is 706. The molecule has 1 aromatic carbocycles. The maximum atomic E-state index is 10.9. The predicted molar refractivity (Wildman–Crippen MR) is 78.3 cm³/mol. The number of nitro groups is 1. The molecule has 3 rings (SSSR count). The van der Waals surface area contributed by atoms with Crippen molar-refractivity contribution in [3.05, 3.63) is 34.6 Å². The largest absolute Gasteiger partial charge is 0.376 e. The smallest absolute Gasteiger partial charge is 0.270 e. The minimum atomic E-state index is -0.417. The van der Waals surface area contributed by atoms with E-state index in [1.807, 2.05) is 6.92 Å². The number of nitrogens with one attached hydrogen (secondary N) is 1. The van der Waals surface area contributed by atoms with E-state index in [0.717, 1.165) is 6.42 Å². The van der Waals surface area contributed by atoms with Gasteiger partial charge in [0.2, 0.25) is 0 Å². The predicted octanol–water partition coefficient (Wildman–Crippen LogP) is 2.52. The summed E-state index contributed by atoms with van der Waals surface area (Å²) in [6.07, 6.45) is 2.36. The monoisotopic (exact) mass is 288 g/mol. The average molecular weight is 288 g/mol. The molecule has 2 atom stereocenters. The van der Waals surface area contributed by atoms with Gasteiger partial charge < -0.3 is 10.1 Å². The standard InChI is InChI=1S/C14H16N4O3/c1-9-14(2,5-6-21-9)17-13-11-7-10(18(19)20)3-4-12(11)15-8-16-13/h3-4,7-9H,5-6H2,1-2H3,(H,15,16,17). The Hall–Kier alpha value is -2.28. The van der Waals surface area contributed by atoms with E-state index in [1.54, 1.807) is 6.07 Å². The van der Waals surface area contributed by atoms with Crippen molar-refractivity contribution < 1.29 is 9.66 Å². The van der Waals surface area contributed by atoms with Gasteiger partial charge in [-0.25, -0.2) is 9.97 Å². The highest BCUT2D eigenvalue weighted by atomic mass is 16.6. The van der Waals surface area contributed by atoms with E-state index in [4.69, 9.17) is 4.74 Å². The Morgan fingerprint density at radius 3 is 2.95 bits per heavy atom. The minimum Gasteiger partial charge on any atom is -0.376 e. The second-order valence-corrected chi connectivity index (χ2v) is 5.49. The fourth-order valence-corrected chi connectivity index (χ4v) is 2.53. The van der Waals surface area contributed by atoms with Crippen molar-refractivity contribution in [3.63, 3.8) is 0 Å². The molecule has 110 valence electrons. The highest BCUT2D eigenvalue weighted by Crippen LogP contribution is 2.32. The third kappa shape index (κ3) is 2.40. The van der Waals surface area contributed by atoms with Gasteiger partial charge in [-0.2, -0.15) is 0 Å². The van der Waals surface area contributed by atoms with Crippen molar-refractivity contribution in [3.8, 4) is 0 Å². The summed E-state index contributed by atoms with van der Waals surface area (Å²) in [5.41, 5.74) is 0.459. The summed E-state index contributed by atoms with van der Waals surface area (Å²) >= 11 is 0. The van der Waals surface area contributed by atoms with Gasteiger partial charge in [-0.15, -0.1) is 0 Å². The van der Waals surface area contributed by atoms with Gasteiger partial charge in [0.1, 0.15) is 12.1 Å². The van der Waals surface area contributed by atoms with Crippen LogP contribution in [0, 0.1) is 10.1 Å². The highest BCUT2D eigenvalue weighted by Gasteiger charge is 2.37. The summed E-state index contributed by atoms with van der Waals surface area (Å²) in [4.78, 5) is 18.9. The van der Waals surface area contributed by atoms with Crippen molar-refractivity contribution in [1.82, 2.24) is 9.97 Å². The zero-order valence-corrected chi connectivity index (χ0v) is 11.9. The van der Waals surface area contributed by atoms with Crippen LogP contribution in [0.1, 0.15) is 20.3 Å². The molecule has 1 aliphatic heterocycles. The lowest BCUT2D eigenvalue weighted by Crippen LogP contribution is -2.41. The topological polar surface area (TPSA) is 90.2 Å². The molecule has 0 aliphatic carbocycles. The van der Waals surface area contributed by atoms with Gasteiger partial charge in [-0.1, -0.05) is 0 Å². The number of nitro benzene ring substituents is 1. The van der Waals surface area contributed by atoms with Crippen LogP contribution in [-0.2, 0) is 4.74 Å². The van der Waals surface area contributed by atoms with Crippen LogP contribution >= 0.6 is 0 Å². The molecule has 1 aliphatic rings. The number of non-ortho nitro benzene ring substituents is 1. The van der Waals surface area contributed by atoms with E-state index in [0.29, 0.717) is 23.3 Å². The van der Waals surface area contributed by atoms with Crippen molar-refractivity contribution in [1.29, 1.82) is 0 Å². The quantitative estimate of drug-likeness (QED) is 0.689. The molecule has 7 nitrogen and oxygen atoms in total. The Morgan fingerprint density at radius 1 is 1.48 bits per heavy atom. The number of hydrogen-bond donors (Lipinski definition) is 1. The first kappa shape index (κ1) is 13.7. The van der Waals surface area contributed by atoms with Crippen LogP contribution in [0.2, 0.25) is 0 Å². The first-order valence-electron chi connectivity index (χ1n) is 6.78.